The quantitative estimate of drug-likeness (QED) is 0.803. The third kappa shape index (κ3) is 4.55. The molecule has 0 aliphatic carbocycles. The first kappa shape index (κ1) is 16.1. The molecule has 2 N–H and O–H groups in total. The van der Waals surface area contributed by atoms with Crippen LogP contribution >= 0.6 is 0 Å². The highest BCUT2D eigenvalue weighted by Gasteiger charge is 2.13. The molecule has 0 saturated heterocycles. The second-order valence-electron chi connectivity index (χ2n) is 3.26. The van der Waals surface area contributed by atoms with Crippen LogP contribution in [0.5, 0.6) is 0 Å². The lowest BCUT2D eigenvalue weighted by molar-refractivity contribution is 0.218. The lowest BCUT2D eigenvalue weighted by Gasteiger charge is -2.10. The van der Waals surface area contributed by atoms with Gasteiger partial charge in [0, 0.05) is 24.0 Å². The molecule has 1 heterocycles. The molecule has 0 aliphatic rings. The Kier molecular flexibility index (Phi) is 8.24. The van der Waals surface area contributed by atoms with Crippen molar-refractivity contribution < 1.29 is 5.11 Å². The van der Waals surface area contributed by atoms with E-state index in [1.165, 1.54) is 24.5 Å². The van der Waals surface area contributed by atoms with Crippen LogP contribution in [0.15, 0.2) is 59.7 Å². The molecule has 18 heavy (non-hydrogen) atoms. The average molecular weight is 247 g/mol. The summed E-state index contributed by atoms with van der Waals surface area (Å²) in [5, 5.41) is 9.99. The Balaban J connectivity index is 0.00000137. The van der Waals surface area contributed by atoms with E-state index in [9.17, 15) is 9.90 Å². The van der Waals surface area contributed by atoms with Crippen molar-refractivity contribution in [2.75, 3.05) is 0 Å². The molecular weight excluding hydrogens is 226 g/mol. The van der Waals surface area contributed by atoms with Crippen molar-refractivity contribution in [3.8, 4) is 0 Å². The van der Waals surface area contributed by atoms with Crippen LogP contribution in [0, 0.1) is 0 Å². The number of pyridine rings is 1. The molecule has 0 fully saturated rings. The summed E-state index contributed by atoms with van der Waals surface area (Å²) in [5.41, 5.74) is 0.715. The van der Waals surface area contributed by atoms with Gasteiger partial charge in [-0.25, -0.2) is 0 Å². The Morgan fingerprint density at radius 2 is 2.17 bits per heavy atom. The number of aliphatic hydroxyl groups is 1. The van der Waals surface area contributed by atoms with E-state index in [4.69, 9.17) is 0 Å². The van der Waals surface area contributed by atoms with Crippen molar-refractivity contribution in [3.05, 3.63) is 70.7 Å². The van der Waals surface area contributed by atoms with Crippen LogP contribution in [0.25, 0.3) is 0 Å². The molecule has 1 rings (SSSR count). The molecule has 0 aliphatic heterocycles. The molecule has 1 atom stereocenters. The van der Waals surface area contributed by atoms with Gasteiger partial charge in [0.1, 0.15) is 6.10 Å². The highest BCUT2D eigenvalue weighted by Crippen LogP contribution is 2.18. The van der Waals surface area contributed by atoms with Gasteiger partial charge in [0.2, 0.25) is 0 Å². The predicted molar refractivity (Wildman–Crippen MR) is 76.5 cm³/mol. The Bertz CT molecular complexity index is 469. The summed E-state index contributed by atoms with van der Waals surface area (Å²) in [6.07, 6.45) is 8.98. The maximum Gasteiger partial charge on any atom is 0.187 e. The first-order valence-corrected chi connectivity index (χ1v) is 6.01. The molecule has 1 aromatic heterocycles. The van der Waals surface area contributed by atoms with E-state index < -0.39 is 6.10 Å². The zero-order chi connectivity index (χ0) is 14.0. The first-order valence-electron chi connectivity index (χ1n) is 6.01. The second-order valence-corrected chi connectivity index (χ2v) is 3.26. The van der Waals surface area contributed by atoms with Gasteiger partial charge >= 0.3 is 0 Å². The van der Waals surface area contributed by atoms with E-state index in [-0.39, 0.29) is 5.43 Å². The number of rotatable bonds is 4. The highest BCUT2D eigenvalue weighted by atomic mass is 16.3. The largest absolute Gasteiger partial charge is 0.383 e. The maximum atomic E-state index is 11.5. The van der Waals surface area contributed by atoms with Crippen molar-refractivity contribution in [1.82, 2.24) is 4.98 Å². The molecule has 98 valence electrons. The molecule has 0 bridgehead atoms. The Morgan fingerprint density at radius 3 is 2.67 bits per heavy atom. The fourth-order valence-corrected chi connectivity index (χ4v) is 1.30. The maximum absolute atomic E-state index is 11.5. The fraction of sp³-hybridized carbons (Fsp3) is 0.267. The predicted octanol–water partition coefficient (Wildman–Crippen LogP) is 3.12. The summed E-state index contributed by atoms with van der Waals surface area (Å²) in [5.74, 6) is 0. The summed E-state index contributed by atoms with van der Waals surface area (Å²) in [6.45, 7) is 9.49. The van der Waals surface area contributed by atoms with Crippen LogP contribution in [-0.2, 0) is 0 Å². The zero-order valence-electron chi connectivity index (χ0n) is 11.2. The molecule has 0 radical (unpaired) electrons. The van der Waals surface area contributed by atoms with Crippen molar-refractivity contribution >= 4 is 0 Å². The van der Waals surface area contributed by atoms with E-state index in [1.54, 1.807) is 12.2 Å². The van der Waals surface area contributed by atoms with Crippen LogP contribution in [0.1, 0.15) is 32.4 Å². The highest BCUT2D eigenvalue weighted by molar-refractivity contribution is 5.32. The lowest BCUT2D eigenvalue weighted by atomic mass is 10.0. The molecule has 0 amide bonds. The van der Waals surface area contributed by atoms with Crippen LogP contribution in [-0.4, -0.2) is 10.1 Å². The second kappa shape index (κ2) is 9.19. The first-order chi connectivity index (χ1) is 8.70. The number of nitrogens with one attached hydrogen (secondary N) is 1. The van der Waals surface area contributed by atoms with E-state index in [0.717, 1.165) is 0 Å². The van der Waals surface area contributed by atoms with Crippen molar-refractivity contribution in [3.63, 3.8) is 0 Å². The van der Waals surface area contributed by atoms with Gasteiger partial charge in [-0.15, -0.1) is 0 Å². The third-order valence-electron chi connectivity index (χ3n) is 2.18. The van der Waals surface area contributed by atoms with Crippen LogP contribution in [0.3, 0.4) is 0 Å². The molecule has 3 nitrogen and oxygen atoms in total. The van der Waals surface area contributed by atoms with Gasteiger partial charge in [0.25, 0.3) is 0 Å². The van der Waals surface area contributed by atoms with E-state index in [2.05, 4.69) is 11.6 Å². The Hall–Kier alpha value is -1.87. The van der Waals surface area contributed by atoms with E-state index in [0.29, 0.717) is 11.1 Å². The summed E-state index contributed by atoms with van der Waals surface area (Å²) >= 11 is 0. The lowest BCUT2D eigenvalue weighted by Crippen LogP contribution is -2.13. The van der Waals surface area contributed by atoms with Crippen molar-refractivity contribution in [2.24, 2.45) is 0 Å². The third-order valence-corrected chi connectivity index (χ3v) is 2.18. The fourth-order valence-electron chi connectivity index (χ4n) is 1.30. The number of hydrogen-bond donors (Lipinski definition) is 2. The SMILES string of the molecule is C=C/C(=C\C=C/C)C(O)c1c[nH]ccc1=O.CC. The molecular formula is C15H21NO2. The summed E-state index contributed by atoms with van der Waals surface area (Å²) in [7, 11) is 0. The smallest absolute Gasteiger partial charge is 0.187 e. The number of hydrogen-bond acceptors (Lipinski definition) is 2. The minimum absolute atomic E-state index is 0.195. The number of aromatic amines is 1. The van der Waals surface area contributed by atoms with Gasteiger partial charge in [-0.2, -0.15) is 0 Å². The van der Waals surface area contributed by atoms with Crippen LogP contribution in [0.2, 0.25) is 0 Å². The number of H-pyrrole nitrogens is 1. The average Bonchev–Trinajstić information content (AvgIpc) is 2.42. The van der Waals surface area contributed by atoms with Gasteiger partial charge in [0.15, 0.2) is 5.43 Å². The normalized spacial score (nSPS) is 12.8. The zero-order valence-corrected chi connectivity index (χ0v) is 11.2. The number of allylic oxidation sites excluding steroid dienone is 3. The van der Waals surface area contributed by atoms with Gasteiger partial charge in [0.05, 0.1) is 0 Å². The van der Waals surface area contributed by atoms with E-state index in [1.807, 2.05) is 26.8 Å². The molecule has 3 heteroatoms. The Morgan fingerprint density at radius 1 is 1.50 bits per heavy atom. The summed E-state index contributed by atoms with van der Waals surface area (Å²) in [6, 6.07) is 1.38. The van der Waals surface area contributed by atoms with Gasteiger partial charge in [-0.1, -0.05) is 44.7 Å². The molecule has 1 aromatic rings. The van der Waals surface area contributed by atoms with Crippen LogP contribution < -0.4 is 5.43 Å². The molecule has 0 spiro atoms. The number of aromatic nitrogens is 1. The molecule has 0 saturated carbocycles. The minimum atomic E-state index is -0.946. The minimum Gasteiger partial charge on any atom is -0.383 e. The topological polar surface area (TPSA) is 53.1 Å². The van der Waals surface area contributed by atoms with Crippen molar-refractivity contribution in [2.45, 2.75) is 26.9 Å². The standard InChI is InChI=1S/C13H15NO2.C2H6/c1-3-5-6-10(4-2)13(16)11-9-14-8-7-12(11)15;1-2/h3-9,13,16H,2H2,1H3,(H,14,15);1-2H3/b5-3-,10-6+;. The number of aliphatic hydroxyl groups excluding tert-OH is 1. The summed E-state index contributed by atoms with van der Waals surface area (Å²) < 4.78 is 0. The van der Waals surface area contributed by atoms with E-state index >= 15 is 0 Å². The van der Waals surface area contributed by atoms with Crippen molar-refractivity contribution in [1.29, 1.82) is 0 Å². The molecule has 0 aromatic carbocycles. The van der Waals surface area contributed by atoms with Gasteiger partial charge < -0.3 is 10.1 Å². The summed E-state index contributed by atoms with van der Waals surface area (Å²) in [4.78, 5) is 14.3. The monoisotopic (exact) mass is 247 g/mol. The van der Waals surface area contributed by atoms with Crippen LogP contribution in [0.4, 0.5) is 0 Å². The van der Waals surface area contributed by atoms with Gasteiger partial charge in [-0.3, -0.25) is 4.79 Å². The van der Waals surface area contributed by atoms with Gasteiger partial charge in [-0.05, 0) is 12.5 Å². The molecule has 1 unspecified atom stereocenters. The Labute approximate surface area is 108 Å².